The molecule has 0 aliphatic carbocycles. The van der Waals surface area contributed by atoms with Crippen molar-refractivity contribution < 1.29 is 23.8 Å². The molecule has 0 radical (unpaired) electrons. The van der Waals surface area contributed by atoms with E-state index in [1.165, 1.54) is 11.1 Å². The monoisotopic (exact) mass is 704 g/mol. The highest BCUT2D eigenvalue weighted by Gasteiger charge is 2.24. The zero-order chi connectivity index (χ0) is 36.6. The average molecular weight is 705 g/mol. The second kappa shape index (κ2) is 17.1. The molecule has 0 aromatic heterocycles. The van der Waals surface area contributed by atoms with Crippen LogP contribution in [0.3, 0.4) is 0 Å². The fraction of sp³-hybridized carbons (Fsp3) is 0.395. The molecule has 0 N–H and O–H groups in total. The van der Waals surface area contributed by atoms with Gasteiger partial charge in [0, 0.05) is 69.6 Å². The zero-order valence-electron chi connectivity index (χ0n) is 31.3. The van der Waals surface area contributed by atoms with Crippen molar-refractivity contribution in [2.24, 2.45) is 0 Å². The largest absolute Gasteiger partial charge is 0.497 e. The second-order valence-corrected chi connectivity index (χ2v) is 13.7. The number of carbonyl (C=O) groups excluding carboxylic acids is 2. The van der Waals surface area contributed by atoms with E-state index in [9.17, 15) is 9.59 Å². The van der Waals surface area contributed by atoms with Gasteiger partial charge in [-0.25, -0.2) is 0 Å². The zero-order valence-corrected chi connectivity index (χ0v) is 31.3. The Hall–Kier alpha value is -4.86. The summed E-state index contributed by atoms with van der Waals surface area (Å²) in [5.74, 6) is 2.55. The van der Waals surface area contributed by atoms with E-state index in [-0.39, 0.29) is 11.8 Å². The van der Waals surface area contributed by atoms with Crippen molar-refractivity contribution in [1.82, 2.24) is 19.6 Å². The highest BCUT2D eigenvalue weighted by Crippen LogP contribution is 2.32. The summed E-state index contributed by atoms with van der Waals surface area (Å²) in [6.07, 6.45) is 2.00. The first-order valence-corrected chi connectivity index (χ1v) is 18.4. The van der Waals surface area contributed by atoms with E-state index in [0.717, 1.165) is 123 Å². The van der Waals surface area contributed by atoms with E-state index in [0.29, 0.717) is 5.56 Å². The predicted molar refractivity (Wildman–Crippen MR) is 207 cm³/mol. The first-order valence-electron chi connectivity index (χ1n) is 18.4. The molecule has 2 aliphatic heterocycles. The van der Waals surface area contributed by atoms with Gasteiger partial charge in [-0.2, -0.15) is 0 Å². The van der Waals surface area contributed by atoms with Crippen LogP contribution in [0.25, 0.3) is 22.3 Å². The van der Waals surface area contributed by atoms with Crippen molar-refractivity contribution in [1.29, 1.82) is 0 Å². The van der Waals surface area contributed by atoms with Crippen molar-refractivity contribution in [3.8, 4) is 39.5 Å². The van der Waals surface area contributed by atoms with E-state index in [1.807, 2.05) is 76.5 Å². The normalized spacial score (nSPS) is 15.4. The number of rotatable bonds is 12. The number of aryl methyl sites for hydroxylation is 1. The summed E-state index contributed by atoms with van der Waals surface area (Å²) in [5.41, 5.74) is 8.05. The minimum atomic E-state index is 0.0789. The van der Waals surface area contributed by atoms with Crippen LogP contribution in [0.5, 0.6) is 17.2 Å². The van der Waals surface area contributed by atoms with Crippen molar-refractivity contribution in [2.45, 2.75) is 26.7 Å². The molecule has 0 spiro atoms. The summed E-state index contributed by atoms with van der Waals surface area (Å²) in [4.78, 5) is 35.5. The van der Waals surface area contributed by atoms with Crippen LogP contribution in [0.4, 0.5) is 0 Å². The predicted octanol–water partition coefficient (Wildman–Crippen LogP) is 6.52. The topological polar surface area (TPSA) is 74.8 Å². The molecule has 2 amide bonds. The SMILES string of the molecule is CCc1c(C)cc(-c2ccc(C(=O)N3CCN(CCCN4CCN(C(=O)c5ccc(-c6cc(OC)cc(OC)c6)cc5)CC4)CC3)cc2)cc1OC. The number of ether oxygens (including phenoxy) is 3. The molecule has 9 heteroatoms. The molecule has 52 heavy (non-hydrogen) atoms. The van der Waals surface area contributed by atoms with Crippen molar-refractivity contribution in [2.75, 3.05) is 86.8 Å². The number of nitrogens with zero attached hydrogens (tertiary/aromatic N) is 4. The van der Waals surface area contributed by atoms with Gasteiger partial charge < -0.3 is 24.0 Å². The van der Waals surface area contributed by atoms with Gasteiger partial charge in [0.15, 0.2) is 0 Å². The number of hydrogen-bond donors (Lipinski definition) is 0. The average Bonchev–Trinajstić information content (AvgIpc) is 3.20. The van der Waals surface area contributed by atoms with Crippen LogP contribution in [0.15, 0.2) is 78.9 Å². The second-order valence-electron chi connectivity index (χ2n) is 13.7. The lowest BCUT2D eigenvalue weighted by Gasteiger charge is -2.37. The molecule has 2 heterocycles. The summed E-state index contributed by atoms with van der Waals surface area (Å²) in [6.45, 7) is 12.8. The van der Waals surface area contributed by atoms with Crippen LogP contribution in [0, 0.1) is 6.92 Å². The van der Waals surface area contributed by atoms with Crippen LogP contribution in [-0.4, -0.2) is 118 Å². The number of methoxy groups -OCH3 is 3. The third-order valence-corrected chi connectivity index (χ3v) is 10.6. The Morgan fingerprint density at radius 1 is 0.558 bits per heavy atom. The molecule has 9 nitrogen and oxygen atoms in total. The summed E-state index contributed by atoms with van der Waals surface area (Å²) < 4.78 is 16.5. The first-order chi connectivity index (χ1) is 25.3. The molecular formula is C43H52N4O5. The lowest BCUT2D eigenvalue weighted by molar-refractivity contribution is 0.0606. The molecule has 0 bridgehead atoms. The third-order valence-electron chi connectivity index (χ3n) is 10.6. The molecule has 0 atom stereocenters. The van der Waals surface area contributed by atoms with E-state index in [1.54, 1.807) is 21.3 Å². The van der Waals surface area contributed by atoms with E-state index < -0.39 is 0 Å². The Morgan fingerprint density at radius 3 is 1.40 bits per heavy atom. The fourth-order valence-electron chi connectivity index (χ4n) is 7.40. The Morgan fingerprint density at radius 2 is 1.00 bits per heavy atom. The van der Waals surface area contributed by atoms with Gasteiger partial charge >= 0.3 is 0 Å². The maximum Gasteiger partial charge on any atom is 0.253 e. The minimum absolute atomic E-state index is 0.0789. The molecule has 274 valence electrons. The lowest BCUT2D eigenvalue weighted by Crippen LogP contribution is -2.50. The summed E-state index contributed by atoms with van der Waals surface area (Å²) in [5, 5.41) is 0. The number of benzene rings is 4. The standard InChI is InChI=1S/C43H52N4O5/c1-6-40-31(2)26-36(29-41(40)52-5)32-8-12-34(13-9-32)42(48)46-22-18-44(19-23-46)16-7-17-45-20-24-47(25-21-45)43(49)35-14-10-33(11-15-35)37-27-38(50-3)30-39(28-37)51-4/h8-15,26-30H,6-7,16-25H2,1-5H3. The van der Waals surface area contributed by atoms with Crippen LogP contribution in [-0.2, 0) is 6.42 Å². The summed E-state index contributed by atoms with van der Waals surface area (Å²) >= 11 is 0. The molecule has 0 unspecified atom stereocenters. The number of carbonyl (C=O) groups is 2. The van der Waals surface area contributed by atoms with Crippen molar-refractivity contribution in [3.63, 3.8) is 0 Å². The Kier molecular flexibility index (Phi) is 12.1. The van der Waals surface area contributed by atoms with Gasteiger partial charge in [-0.3, -0.25) is 19.4 Å². The van der Waals surface area contributed by atoms with E-state index in [4.69, 9.17) is 14.2 Å². The third kappa shape index (κ3) is 8.60. The molecule has 2 fully saturated rings. The molecule has 4 aromatic rings. The first kappa shape index (κ1) is 36.9. The van der Waals surface area contributed by atoms with Crippen molar-refractivity contribution in [3.05, 3.63) is 101 Å². The van der Waals surface area contributed by atoms with Crippen LogP contribution in [0.1, 0.15) is 45.2 Å². The maximum atomic E-state index is 13.3. The van der Waals surface area contributed by atoms with Gasteiger partial charge in [0.1, 0.15) is 17.2 Å². The summed E-state index contributed by atoms with van der Waals surface area (Å²) in [6, 6.07) is 25.8. The van der Waals surface area contributed by atoms with Gasteiger partial charge in [-0.15, -0.1) is 0 Å². The van der Waals surface area contributed by atoms with Gasteiger partial charge in [0.2, 0.25) is 0 Å². The molecule has 2 saturated heterocycles. The van der Waals surface area contributed by atoms with E-state index >= 15 is 0 Å². The van der Waals surface area contributed by atoms with Crippen LogP contribution in [0.2, 0.25) is 0 Å². The molecule has 0 saturated carbocycles. The van der Waals surface area contributed by atoms with Crippen molar-refractivity contribution >= 4 is 11.8 Å². The fourth-order valence-corrected chi connectivity index (χ4v) is 7.40. The number of amides is 2. The minimum Gasteiger partial charge on any atom is -0.497 e. The van der Waals surface area contributed by atoms with Gasteiger partial charge in [0.25, 0.3) is 11.8 Å². The molecule has 2 aliphatic rings. The molecule has 6 rings (SSSR count). The smallest absolute Gasteiger partial charge is 0.253 e. The maximum absolute atomic E-state index is 13.3. The van der Waals surface area contributed by atoms with Crippen LogP contribution >= 0.6 is 0 Å². The highest BCUT2D eigenvalue weighted by molar-refractivity contribution is 5.95. The Labute approximate surface area is 308 Å². The number of piperazine rings is 2. The summed E-state index contributed by atoms with van der Waals surface area (Å²) in [7, 11) is 5.00. The van der Waals surface area contributed by atoms with Gasteiger partial charge in [0.05, 0.1) is 21.3 Å². The van der Waals surface area contributed by atoms with Gasteiger partial charge in [-0.05, 0) is 109 Å². The molecular weight excluding hydrogens is 652 g/mol. The molecule has 4 aromatic carbocycles. The Bertz CT molecular complexity index is 1800. The van der Waals surface area contributed by atoms with Crippen LogP contribution < -0.4 is 14.2 Å². The van der Waals surface area contributed by atoms with E-state index in [2.05, 4.69) is 35.8 Å². The highest BCUT2D eigenvalue weighted by atomic mass is 16.5. The quantitative estimate of drug-likeness (QED) is 0.166. The Balaban J connectivity index is 0.910. The lowest BCUT2D eigenvalue weighted by atomic mass is 9.97. The van der Waals surface area contributed by atoms with Gasteiger partial charge in [-0.1, -0.05) is 37.3 Å². The number of hydrogen-bond acceptors (Lipinski definition) is 7.